The number of carbonyl (C=O) groups is 2. The van der Waals surface area contributed by atoms with Crippen LogP contribution in [0, 0.1) is 0 Å². The summed E-state index contributed by atoms with van der Waals surface area (Å²) in [6.45, 7) is 0. The number of amides is 2. The molecule has 0 bridgehead atoms. The van der Waals surface area contributed by atoms with Gasteiger partial charge in [0.25, 0.3) is 0 Å². The molecule has 2 aromatic carbocycles. The monoisotopic (exact) mass is 472 g/mol. The van der Waals surface area contributed by atoms with Gasteiger partial charge in [-0.15, -0.1) is 0 Å². The van der Waals surface area contributed by atoms with Crippen molar-refractivity contribution in [1.82, 2.24) is 9.97 Å². The van der Waals surface area contributed by atoms with Crippen molar-refractivity contribution in [3.05, 3.63) is 87.2 Å². The molecule has 5 rings (SSSR count). The van der Waals surface area contributed by atoms with Crippen molar-refractivity contribution >= 4 is 56.9 Å². The largest absolute Gasteiger partial charge is 0.338 e. The minimum absolute atomic E-state index is 0.0431. The van der Waals surface area contributed by atoms with Crippen LogP contribution in [0.5, 0.6) is 0 Å². The molecule has 5 aromatic rings. The van der Waals surface area contributed by atoms with Crippen molar-refractivity contribution in [2.75, 3.05) is 10.6 Å². The Morgan fingerprint density at radius 3 is 2.00 bits per heavy atom. The fourth-order valence-electron chi connectivity index (χ4n) is 3.50. The number of H-pyrrole nitrogens is 1. The fourth-order valence-corrected chi connectivity index (χ4v) is 4.84. The maximum Gasteiger partial charge on any atom is 0.228 e. The van der Waals surface area contributed by atoms with Gasteiger partial charge in [-0.2, -0.15) is 22.7 Å². The Balaban J connectivity index is 1.25. The predicted molar refractivity (Wildman–Crippen MR) is 135 cm³/mol. The van der Waals surface area contributed by atoms with E-state index in [0.29, 0.717) is 12.8 Å². The van der Waals surface area contributed by atoms with Gasteiger partial charge < -0.3 is 15.6 Å². The molecule has 0 unspecified atom stereocenters. The number of carbonyl (C=O) groups excluding carboxylic acids is 2. The number of benzene rings is 2. The highest BCUT2D eigenvalue weighted by Crippen LogP contribution is 2.24. The number of fused-ring (bicyclic) bond motifs is 1. The second-order valence-corrected chi connectivity index (χ2v) is 9.17. The zero-order valence-electron chi connectivity index (χ0n) is 17.5. The van der Waals surface area contributed by atoms with Gasteiger partial charge in [0.05, 0.1) is 23.9 Å². The van der Waals surface area contributed by atoms with E-state index in [2.05, 4.69) is 20.6 Å². The number of aromatic nitrogens is 2. The number of anilines is 2. The zero-order valence-corrected chi connectivity index (χ0v) is 19.1. The van der Waals surface area contributed by atoms with Crippen LogP contribution in [-0.4, -0.2) is 21.8 Å². The second kappa shape index (κ2) is 9.40. The molecule has 0 fully saturated rings. The van der Waals surface area contributed by atoms with Gasteiger partial charge in [-0.25, -0.2) is 4.98 Å². The van der Waals surface area contributed by atoms with E-state index in [-0.39, 0.29) is 11.8 Å². The summed E-state index contributed by atoms with van der Waals surface area (Å²) in [5.74, 6) is 0.630. The van der Waals surface area contributed by atoms with Crippen molar-refractivity contribution in [2.45, 2.75) is 12.8 Å². The smallest absolute Gasteiger partial charge is 0.228 e. The molecule has 3 heterocycles. The molecular formula is C25H20N4O2S2. The van der Waals surface area contributed by atoms with Gasteiger partial charge in [0.1, 0.15) is 5.82 Å². The Morgan fingerprint density at radius 2 is 1.39 bits per heavy atom. The molecule has 8 heteroatoms. The van der Waals surface area contributed by atoms with Crippen LogP contribution in [0.1, 0.15) is 11.1 Å². The van der Waals surface area contributed by atoms with Gasteiger partial charge in [-0.1, -0.05) is 0 Å². The van der Waals surface area contributed by atoms with E-state index in [0.717, 1.165) is 44.9 Å². The Bertz CT molecular complexity index is 1390. The van der Waals surface area contributed by atoms with Gasteiger partial charge in [0.2, 0.25) is 11.8 Å². The summed E-state index contributed by atoms with van der Waals surface area (Å²) in [5.41, 5.74) is 6.05. The molecule has 0 radical (unpaired) electrons. The number of rotatable bonds is 7. The highest BCUT2D eigenvalue weighted by Gasteiger charge is 2.10. The molecule has 0 atom stereocenters. The van der Waals surface area contributed by atoms with E-state index in [1.807, 2.05) is 76.1 Å². The fraction of sp³-hybridized carbons (Fsp3) is 0.0800. The average Bonchev–Trinajstić information content (AvgIpc) is 3.56. The van der Waals surface area contributed by atoms with Gasteiger partial charge in [-0.3, -0.25) is 9.59 Å². The topological polar surface area (TPSA) is 86.9 Å². The molecule has 3 aromatic heterocycles. The number of aromatic amines is 1. The van der Waals surface area contributed by atoms with Crippen LogP contribution in [0.25, 0.3) is 22.4 Å². The van der Waals surface area contributed by atoms with Crippen molar-refractivity contribution in [3.8, 4) is 11.4 Å². The summed E-state index contributed by atoms with van der Waals surface area (Å²) in [4.78, 5) is 32.4. The van der Waals surface area contributed by atoms with Crippen LogP contribution in [0.15, 0.2) is 76.1 Å². The van der Waals surface area contributed by atoms with E-state index in [4.69, 9.17) is 0 Å². The van der Waals surface area contributed by atoms with Gasteiger partial charge >= 0.3 is 0 Å². The van der Waals surface area contributed by atoms with Crippen molar-refractivity contribution < 1.29 is 9.59 Å². The third-order valence-corrected chi connectivity index (χ3v) is 6.56. The molecule has 33 heavy (non-hydrogen) atoms. The first-order valence-corrected chi connectivity index (χ1v) is 12.2. The maximum absolute atomic E-state index is 12.3. The number of nitrogens with zero attached hydrogens (tertiary/aromatic N) is 1. The lowest BCUT2D eigenvalue weighted by Crippen LogP contribution is -2.13. The molecule has 2 amide bonds. The van der Waals surface area contributed by atoms with Crippen LogP contribution >= 0.6 is 22.7 Å². The number of thiophene rings is 2. The molecule has 164 valence electrons. The normalized spacial score (nSPS) is 10.9. The third-order valence-electron chi connectivity index (χ3n) is 5.10. The predicted octanol–water partition coefficient (Wildman–Crippen LogP) is 5.72. The van der Waals surface area contributed by atoms with E-state index in [1.54, 1.807) is 22.7 Å². The summed E-state index contributed by atoms with van der Waals surface area (Å²) in [6, 6.07) is 17.1. The zero-order chi connectivity index (χ0) is 22.6. The first kappa shape index (κ1) is 21.1. The first-order valence-electron chi connectivity index (χ1n) is 10.3. The average molecular weight is 473 g/mol. The standard InChI is InChI=1S/C25H20N4O2S2/c30-23(11-16-7-9-32-14-16)26-19-3-1-18(2-4-19)25-28-21-6-5-20(13-22(21)29-25)27-24(31)12-17-8-10-33-15-17/h1-10,13-15H,11-12H2,(H,26,30)(H,27,31)(H,28,29). The van der Waals surface area contributed by atoms with E-state index in [1.165, 1.54) is 0 Å². The molecule has 0 aliphatic heterocycles. The van der Waals surface area contributed by atoms with Crippen LogP contribution < -0.4 is 10.6 Å². The van der Waals surface area contributed by atoms with Crippen molar-refractivity contribution in [2.24, 2.45) is 0 Å². The molecule has 3 N–H and O–H groups in total. The molecule has 0 aliphatic rings. The Hall–Kier alpha value is -3.75. The Morgan fingerprint density at radius 1 is 0.788 bits per heavy atom. The van der Waals surface area contributed by atoms with E-state index < -0.39 is 0 Å². The minimum Gasteiger partial charge on any atom is -0.338 e. The van der Waals surface area contributed by atoms with Gasteiger partial charge in [0.15, 0.2) is 0 Å². The van der Waals surface area contributed by atoms with Crippen molar-refractivity contribution in [1.29, 1.82) is 0 Å². The lowest BCUT2D eigenvalue weighted by molar-refractivity contribution is -0.116. The lowest BCUT2D eigenvalue weighted by atomic mass is 10.2. The summed E-state index contributed by atoms with van der Waals surface area (Å²) in [7, 11) is 0. The summed E-state index contributed by atoms with van der Waals surface area (Å²) in [5, 5.41) is 13.7. The minimum atomic E-state index is -0.0517. The first-order chi connectivity index (χ1) is 16.1. The van der Waals surface area contributed by atoms with Crippen LogP contribution in [-0.2, 0) is 22.4 Å². The highest BCUT2D eigenvalue weighted by atomic mass is 32.1. The van der Waals surface area contributed by atoms with Gasteiger partial charge in [-0.05, 0) is 87.2 Å². The molecule has 0 aliphatic carbocycles. The molecule has 0 saturated carbocycles. The van der Waals surface area contributed by atoms with Crippen LogP contribution in [0.2, 0.25) is 0 Å². The molecule has 6 nitrogen and oxygen atoms in total. The summed E-state index contributed by atoms with van der Waals surface area (Å²) < 4.78 is 0. The van der Waals surface area contributed by atoms with E-state index >= 15 is 0 Å². The Labute approximate surface area is 198 Å². The number of nitrogens with one attached hydrogen (secondary N) is 3. The van der Waals surface area contributed by atoms with Crippen LogP contribution in [0.3, 0.4) is 0 Å². The van der Waals surface area contributed by atoms with Crippen LogP contribution in [0.4, 0.5) is 11.4 Å². The lowest BCUT2D eigenvalue weighted by Gasteiger charge is -2.05. The summed E-state index contributed by atoms with van der Waals surface area (Å²) >= 11 is 3.16. The molecule has 0 spiro atoms. The maximum atomic E-state index is 12.3. The Kier molecular flexibility index (Phi) is 6.01. The number of hydrogen-bond acceptors (Lipinski definition) is 5. The van der Waals surface area contributed by atoms with Gasteiger partial charge in [0, 0.05) is 16.9 Å². The summed E-state index contributed by atoms with van der Waals surface area (Å²) in [6.07, 6.45) is 0.715. The quantitative estimate of drug-likeness (QED) is 0.283. The third kappa shape index (κ3) is 5.19. The van der Waals surface area contributed by atoms with E-state index in [9.17, 15) is 9.59 Å². The SMILES string of the molecule is O=C(Cc1ccsc1)Nc1ccc(-c2nc3ccc(NC(=O)Cc4ccsc4)cc3[nH]2)cc1. The highest BCUT2D eigenvalue weighted by molar-refractivity contribution is 7.08. The molecular weight excluding hydrogens is 452 g/mol. The van der Waals surface area contributed by atoms with Crippen molar-refractivity contribution in [3.63, 3.8) is 0 Å². The number of imidazole rings is 1. The number of hydrogen-bond donors (Lipinski definition) is 3. The second-order valence-electron chi connectivity index (χ2n) is 7.61. The molecule has 0 saturated heterocycles.